The van der Waals surface area contributed by atoms with E-state index in [1.54, 1.807) is 0 Å². The molecule has 1 saturated heterocycles. The summed E-state index contributed by atoms with van der Waals surface area (Å²) in [5.74, 6) is 7.37. The Morgan fingerprint density at radius 1 is 1.33 bits per heavy atom. The lowest BCUT2D eigenvalue weighted by atomic mass is 9.73. The van der Waals surface area contributed by atoms with E-state index in [1.807, 2.05) is 0 Å². The van der Waals surface area contributed by atoms with Gasteiger partial charge in [0.05, 0.1) is 11.7 Å². The van der Waals surface area contributed by atoms with Gasteiger partial charge in [0.1, 0.15) is 0 Å². The molecule has 4 nitrogen and oxygen atoms in total. The van der Waals surface area contributed by atoms with Gasteiger partial charge < -0.3 is 9.47 Å². The normalized spacial score (nSPS) is 36.6. The number of ether oxygens (including phenoxy) is 2. The van der Waals surface area contributed by atoms with Crippen LogP contribution in [0, 0.1) is 11.8 Å². The molecule has 0 aromatic heterocycles. The van der Waals surface area contributed by atoms with Gasteiger partial charge in [0.15, 0.2) is 0 Å². The molecular formula is C17H32N2O2. The fourth-order valence-corrected chi connectivity index (χ4v) is 4.77. The number of hydrogen-bond donors (Lipinski definition) is 2. The average molecular weight is 296 g/mol. The highest BCUT2D eigenvalue weighted by Gasteiger charge is 2.43. The number of nitrogens with one attached hydrogen (secondary N) is 1. The maximum Gasteiger partial charge on any atom is 0.0685 e. The zero-order chi connectivity index (χ0) is 14.7. The highest BCUT2D eigenvalue weighted by atomic mass is 16.5. The van der Waals surface area contributed by atoms with E-state index < -0.39 is 0 Å². The molecule has 2 atom stereocenters. The van der Waals surface area contributed by atoms with Gasteiger partial charge in [-0.2, -0.15) is 0 Å². The van der Waals surface area contributed by atoms with Crippen LogP contribution >= 0.6 is 0 Å². The van der Waals surface area contributed by atoms with Gasteiger partial charge in [0.2, 0.25) is 0 Å². The topological polar surface area (TPSA) is 56.5 Å². The minimum atomic E-state index is 0.200. The van der Waals surface area contributed by atoms with Crippen LogP contribution in [0.1, 0.15) is 64.7 Å². The largest absolute Gasteiger partial charge is 0.378 e. The van der Waals surface area contributed by atoms with E-state index in [2.05, 4.69) is 12.3 Å². The predicted molar refractivity (Wildman–Crippen MR) is 83.7 cm³/mol. The summed E-state index contributed by atoms with van der Waals surface area (Å²) in [6.45, 7) is 3.86. The molecule has 0 radical (unpaired) electrons. The Morgan fingerprint density at radius 2 is 2.10 bits per heavy atom. The molecule has 3 aliphatic rings. The molecule has 3 fully saturated rings. The highest BCUT2D eigenvalue weighted by Crippen LogP contribution is 2.44. The minimum absolute atomic E-state index is 0.200. The zero-order valence-electron chi connectivity index (χ0n) is 13.5. The Morgan fingerprint density at radius 3 is 2.76 bits per heavy atom. The molecule has 3 N–H and O–H groups in total. The van der Waals surface area contributed by atoms with Gasteiger partial charge >= 0.3 is 0 Å². The number of rotatable bonds is 6. The minimum Gasteiger partial charge on any atom is -0.378 e. The van der Waals surface area contributed by atoms with Gasteiger partial charge in [0, 0.05) is 19.3 Å². The van der Waals surface area contributed by atoms with Crippen LogP contribution in [0.15, 0.2) is 0 Å². The van der Waals surface area contributed by atoms with Gasteiger partial charge in [0.25, 0.3) is 0 Å². The van der Waals surface area contributed by atoms with Crippen LogP contribution in [0.2, 0.25) is 0 Å². The van der Waals surface area contributed by atoms with Crippen molar-refractivity contribution in [3.8, 4) is 0 Å². The van der Waals surface area contributed by atoms with Crippen LogP contribution in [0.4, 0.5) is 0 Å². The third-order valence-electron chi connectivity index (χ3n) is 6.01. The van der Waals surface area contributed by atoms with Crippen molar-refractivity contribution in [1.82, 2.24) is 5.43 Å². The summed E-state index contributed by atoms with van der Waals surface area (Å²) in [6.07, 6.45) is 11.7. The SMILES string of the molecule is CCOC1CC(CC(NN)C2CCOC3(CCCC3)C2)C1. The molecule has 0 bridgehead atoms. The molecule has 0 aromatic carbocycles. The molecule has 0 amide bonds. The molecule has 21 heavy (non-hydrogen) atoms. The third kappa shape index (κ3) is 3.61. The van der Waals surface area contributed by atoms with Crippen LogP contribution in [-0.4, -0.2) is 31.0 Å². The Kier molecular flexibility index (Phi) is 5.20. The average Bonchev–Trinajstić information content (AvgIpc) is 2.89. The summed E-state index contributed by atoms with van der Waals surface area (Å²) in [7, 11) is 0. The summed E-state index contributed by atoms with van der Waals surface area (Å²) in [5.41, 5.74) is 3.33. The smallest absolute Gasteiger partial charge is 0.0685 e. The van der Waals surface area contributed by atoms with Crippen molar-refractivity contribution >= 4 is 0 Å². The quantitative estimate of drug-likeness (QED) is 0.584. The monoisotopic (exact) mass is 296 g/mol. The maximum atomic E-state index is 6.16. The number of hydrazine groups is 1. The van der Waals surface area contributed by atoms with Crippen molar-refractivity contribution in [1.29, 1.82) is 0 Å². The molecule has 4 heteroatoms. The summed E-state index contributed by atoms with van der Waals surface area (Å²) in [4.78, 5) is 0. The predicted octanol–water partition coefficient (Wildman–Crippen LogP) is 2.76. The van der Waals surface area contributed by atoms with E-state index in [0.29, 0.717) is 18.1 Å². The summed E-state index contributed by atoms with van der Waals surface area (Å²) in [5, 5.41) is 0. The van der Waals surface area contributed by atoms with Crippen molar-refractivity contribution in [2.45, 2.75) is 82.5 Å². The first-order valence-electron chi connectivity index (χ1n) is 8.96. The van der Waals surface area contributed by atoms with Crippen molar-refractivity contribution in [2.75, 3.05) is 13.2 Å². The number of hydrogen-bond acceptors (Lipinski definition) is 4. The molecule has 1 aliphatic heterocycles. The molecule has 1 spiro atoms. The first-order chi connectivity index (χ1) is 10.2. The molecular weight excluding hydrogens is 264 g/mol. The first-order valence-corrected chi connectivity index (χ1v) is 8.96. The Bertz CT molecular complexity index is 325. The molecule has 2 aliphatic carbocycles. The van der Waals surface area contributed by atoms with E-state index in [-0.39, 0.29) is 5.60 Å². The lowest BCUT2D eigenvalue weighted by molar-refractivity contribution is -0.101. The Balaban J connectivity index is 1.49. The van der Waals surface area contributed by atoms with Gasteiger partial charge in [-0.3, -0.25) is 11.3 Å². The first kappa shape index (κ1) is 15.7. The van der Waals surface area contributed by atoms with Gasteiger partial charge in [-0.25, -0.2) is 0 Å². The fraction of sp³-hybridized carbons (Fsp3) is 1.00. The molecule has 122 valence electrons. The second-order valence-electron chi connectivity index (χ2n) is 7.42. The van der Waals surface area contributed by atoms with Crippen LogP contribution in [0.25, 0.3) is 0 Å². The Labute approximate surface area is 129 Å². The number of nitrogens with two attached hydrogens (primary N) is 1. The Hall–Kier alpha value is -0.160. The van der Waals surface area contributed by atoms with Crippen LogP contribution < -0.4 is 11.3 Å². The van der Waals surface area contributed by atoms with Crippen molar-refractivity contribution in [3.63, 3.8) is 0 Å². The molecule has 1 heterocycles. The second-order valence-corrected chi connectivity index (χ2v) is 7.42. The molecule has 2 saturated carbocycles. The van der Waals surface area contributed by atoms with Gasteiger partial charge in [-0.1, -0.05) is 12.8 Å². The standard InChI is InChI=1S/C17H32N2O2/c1-2-20-15-9-13(10-15)11-16(19-18)14-5-8-21-17(12-14)6-3-4-7-17/h13-16,19H,2-12,18H2,1H3. The summed E-state index contributed by atoms with van der Waals surface area (Å²) in [6, 6.07) is 0.457. The lowest BCUT2D eigenvalue weighted by Gasteiger charge is -2.43. The van der Waals surface area contributed by atoms with E-state index in [4.69, 9.17) is 15.3 Å². The summed E-state index contributed by atoms with van der Waals surface area (Å²) >= 11 is 0. The third-order valence-corrected chi connectivity index (χ3v) is 6.01. The second kappa shape index (κ2) is 6.95. The van der Waals surface area contributed by atoms with E-state index >= 15 is 0 Å². The van der Waals surface area contributed by atoms with E-state index in [1.165, 1.54) is 51.4 Å². The van der Waals surface area contributed by atoms with Crippen LogP contribution in [0.3, 0.4) is 0 Å². The van der Waals surface area contributed by atoms with E-state index in [0.717, 1.165) is 25.6 Å². The molecule has 3 rings (SSSR count). The van der Waals surface area contributed by atoms with E-state index in [9.17, 15) is 0 Å². The van der Waals surface area contributed by atoms with Gasteiger partial charge in [-0.15, -0.1) is 0 Å². The maximum absolute atomic E-state index is 6.16. The van der Waals surface area contributed by atoms with Crippen molar-refractivity contribution < 1.29 is 9.47 Å². The summed E-state index contributed by atoms with van der Waals surface area (Å²) < 4.78 is 11.8. The van der Waals surface area contributed by atoms with Crippen molar-refractivity contribution in [3.05, 3.63) is 0 Å². The highest BCUT2D eigenvalue weighted by molar-refractivity contribution is 4.95. The van der Waals surface area contributed by atoms with Crippen molar-refractivity contribution in [2.24, 2.45) is 17.7 Å². The van der Waals surface area contributed by atoms with Gasteiger partial charge in [-0.05, 0) is 63.7 Å². The lowest BCUT2D eigenvalue weighted by Crippen LogP contribution is -2.49. The molecule has 2 unspecified atom stereocenters. The van der Waals surface area contributed by atoms with Crippen LogP contribution in [0.5, 0.6) is 0 Å². The van der Waals surface area contributed by atoms with Crippen LogP contribution in [-0.2, 0) is 9.47 Å². The molecule has 0 aromatic rings. The zero-order valence-corrected chi connectivity index (χ0v) is 13.5. The fourth-order valence-electron chi connectivity index (χ4n) is 4.77.